The van der Waals surface area contributed by atoms with Crippen LogP contribution < -0.4 is 4.72 Å². The van der Waals surface area contributed by atoms with Gasteiger partial charge < -0.3 is 0 Å². The fourth-order valence-corrected chi connectivity index (χ4v) is 4.32. The van der Waals surface area contributed by atoms with Crippen molar-refractivity contribution in [3.05, 3.63) is 42.0 Å². The van der Waals surface area contributed by atoms with E-state index in [-0.39, 0.29) is 4.90 Å². The van der Waals surface area contributed by atoms with Crippen LogP contribution in [0.4, 0.5) is 0 Å². The molecule has 1 N–H and O–H groups in total. The van der Waals surface area contributed by atoms with Crippen molar-refractivity contribution in [3.8, 4) is 6.07 Å². The van der Waals surface area contributed by atoms with Gasteiger partial charge in [0.1, 0.15) is 5.54 Å². The molecular formula is C17H18N2O2S. The summed E-state index contributed by atoms with van der Waals surface area (Å²) in [5.74, 6) is 0. The summed E-state index contributed by atoms with van der Waals surface area (Å²) in [7, 11) is -3.70. The molecular weight excluding hydrogens is 296 g/mol. The van der Waals surface area contributed by atoms with Gasteiger partial charge >= 0.3 is 0 Å². The topological polar surface area (TPSA) is 70.0 Å². The summed E-state index contributed by atoms with van der Waals surface area (Å²) in [6, 6.07) is 13.1. The molecule has 0 radical (unpaired) electrons. The van der Waals surface area contributed by atoms with Gasteiger partial charge in [0.15, 0.2) is 0 Å². The van der Waals surface area contributed by atoms with Gasteiger partial charge in [-0.15, -0.1) is 0 Å². The van der Waals surface area contributed by atoms with Crippen molar-refractivity contribution in [1.82, 2.24) is 4.72 Å². The second-order valence-electron chi connectivity index (χ2n) is 5.82. The van der Waals surface area contributed by atoms with Crippen LogP contribution >= 0.6 is 0 Å². The molecule has 0 spiro atoms. The van der Waals surface area contributed by atoms with Crippen LogP contribution in [0.15, 0.2) is 41.3 Å². The SMILES string of the molecule is CCCc1ccc(S(=O)(=O)NC2(C#N)CC2)c2ccccc12. The molecule has 1 aliphatic carbocycles. The average Bonchev–Trinajstić information content (AvgIpc) is 3.27. The zero-order valence-electron chi connectivity index (χ0n) is 12.5. The molecule has 0 atom stereocenters. The summed E-state index contributed by atoms with van der Waals surface area (Å²) in [5.41, 5.74) is 0.251. The van der Waals surface area contributed by atoms with Crippen LogP contribution in [-0.4, -0.2) is 14.0 Å². The molecule has 5 heteroatoms. The molecule has 1 saturated carbocycles. The van der Waals surface area contributed by atoms with Gasteiger partial charge in [-0.1, -0.05) is 43.7 Å². The highest BCUT2D eigenvalue weighted by Gasteiger charge is 2.47. The molecule has 1 aliphatic rings. The molecule has 22 heavy (non-hydrogen) atoms. The van der Waals surface area contributed by atoms with Crippen molar-refractivity contribution < 1.29 is 8.42 Å². The second kappa shape index (κ2) is 5.38. The molecule has 3 rings (SSSR count). The molecule has 2 aromatic rings. The molecule has 0 aliphatic heterocycles. The number of hydrogen-bond donors (Lipinski definition) is 1. The molecule has 0 unspecified atom stereocenters. The van der Waals surface area contributed by atoms with Crippen LogP contribution in [0.3, 0.4) is 0 Å². The van der Waals surface area contributed by atoms with Gasteiger partial charge in [-0.25, -0.2) is 8.42 Å². The Balaban J connectivity index is 2.12. The van der Waals surface area contributed by atoms with Crippen LogP contribution in [0.1, 0.15) is 31.7 Å². The molecule has 0 amide bonds. The van der Waals surface area contributed by atoms with Gasteiger partial charge in [-0.3, -0.25) is 0 Å². The van der Waals surface area contributed by atoms with Gasteiger partial charge in [-0.05, 0) is 36.3 Å². The standard InChI is InChI=1S/C17H18N2O2S/c1-2-5-13-8-9-16(15-7-4-3-6-14(13)15)22(20,21)19-17(12-18)10-11-17/h3-4,6-9,19H,2,5,10-11H2,1H3. The zero-order chi connectivity index (χ0) is 15.8. The molecule has 2 aromatic carbocycles. The first-order valence-corrected chi connectivity index (χ1v) is 8.95. The molecule has 0 bridgehead atoms. The third kappa shape index (κ3) is 2.60. The van der Waals surface area contributed by atoms with Gasteiger partial charge in [0.2, 0.25) is 10.0 Å². The molecule has 1 fully saturated rings. The first-order chi connectivity index (χ1) is 10.5. The van der Waals surface area contributed by atoms with Crippen molar-refractivity contribution in [2.75, 3.05) is 0 Å². The third-order valence-electron chi connectivity index (χ3n) is 4.08. The largest absolute Gasteiger partial charge is 0.242 e. The fraction of sp³-hybridized carbons (Fsp3) is 0.353. The summed E-state index contributed by atoms with van der Waals surface area (Å²) in [4.78, 5) is 0.254. The Kier molecular flexibility index (Phi) is 3.67. The van der Waals surface area contributed by atoms with E-state index in [1.54, 1.807) is 6.07 Å². The number of aryl methyl sites for hydroxylation is 1. The lowest BCUT2D eigenvalue weighted by molar-refractivity contribution is 0.572. The van der Waals surface area contributed by atoms with Crippen molar-refractivity contribution in [2.24, 2.45) is 0 Å². The molecule has 114 valence electrons. The number of nitriles is 1. The first kappa shape index (κ1) is 15.0. The zero-order valence-corrected chi connectivity index (χ0v) is 13.3. The van der Waals surface area contributed by atoms with E-state index in [0.717, 1.165) is 29.2 Å². The van der Waals surface area contributed by atoms with Gasteiger partial charge in [0.05, 0.1) is 11.0 Å². The number of rotatable bonds is 5. The fourth-order valence-electron chi connectivity index (χ4n) is 2.73. The van der Waals surface area contributed by atoms with E-state index in [1.807, 2.05) is 30.3 Å². The van der Waals surface area contributed by atoms with E-state index in [2.05, 4.69) is 17.7 Å². The maximum absolute atomic E-state index is 12.7. The van der Waals surface area contributed by atoms with E-state index in [9.17, 15) is 8.42 Å². The Morgan fingerprint density at radius 1 is 1.18 bits per heavy atom. The number of fused-ring (bicyclic) bond motifs is 1. The lowest BCUT2D eigenvalue weighted by atomic mass is 10.0. The minimum atomic E-state index is -3.70. The Morgan fingerprint density at radius 3 is 2.45 bits per heavy atom. The normalized spacial score (nSPS) is 16.4. The van der Waals surface area contributed by atoms with Crippen molar-refractivity contribution in [2.45, 2.75) is 43.0 Å². The highest BCUT2D eigenvalue weighted by molar-refractivity contribution is 7.89. The smallest absolute Gasteiger partial charge is 0.207 e. The summed E-state index contributed by atoms with van der Waals surface area (Å²) in [6.45, 7) is 2.10. The van der Waals surface area contributed by atoms with E-state index < -0.39 is 15.6 Å². The predicted octanol–water partition coefficient (Wildman–Crippen LogP) is 3.13. The number of hydrogen-bond acceptors (Lipinski definition) is 3. The Hall–Kier alpha value is -1.90. The van der Waals surface area contributed by atoms with Gasteiger partial charge in [0, 0.05) is 5.39 Å². The predicted molar refractivity (Wildman–Crippen MR) is 85.8 cm³/mol. The Morgan fingerprint density at radius 2 is 1.86 bits per heavy atom. The van der Waals surface area contributed by atoms with Crippen LogP contribution in [0, 0.1) is 11.3 Å². The Bertz CT molecular complexity index is 862. The molecule has 0 saturated heterocycles. The number of benzene rings is 2. The molecule has 0 heterocycles. The Labute approximate surface area is 130 Å². The van der Waals surface area contributed by atoms with E-state index in [1.165, 1.54) is 0 Å². The van der Waals surface area contributed by atoms with Crippen molar-refractivity contribution in [1.29, 1.82) is 5.26 Å². The van der Waals surface area contributed by atoms with Gasteiger partial charge in [-0.2, -0.15) is 9.98 Å². The van der Waals surface area contributed by atoms with Crippen LogP contribution in [-0.2, 0) is 16.4 Å². The highest BCUT2D eigenvalue weighted by atomic mass is 32.2. The first-order valence-electron chi connectivity index (χ1n) is 7.47. The van der Waals surface area contributed by atoms with Crippen LogP contribution in [0.2, 0.25) is 0 Å². The second-order valence-corrected chi connectivity index (χ2v) is 7.47. The monoisotopic (exact) mass is 314 g/mol. The van der Waals surface area contributed by atoms with Crippen molar-refractivity contribution >= 4 is 20.8 Å². The summed E-state index contributed by atoms with van der Waals surface area (Å²) >= 11 is 0. The summed E-state index contributed by atoms with van der Waals surface area (Å²) in [6.07, 6.45) is 3.07. The molecule has 4 nitrogen and oxygen atoms in total. The number of sulfonamides is 1. The van der Waals surface area contributed by atoms with E-state index in [0.29, 0.717) is 12.8 Å². The maximum atomic E-state index is 12.7. The number of nitrogens with zero attached hydrogens (tertiary/aromatic N) is 1. The summed E-state index contributed by atoms with van der Waals surface area (Å²) in [5, 5.41) is 10.8. The summed E-state index contributed by atoms with van der Waals surface area (Å²) < 4.78 is 27.9. The number of nitrogens with one attached hydrogen (secondary N) is 1. The molecule has 0 aromatic heterocycles. The van der Waals surface area contributed by atoms with Crippen molar-refractivity contribution in [3.63, 3.8) is 0 Å². The maximum Gasteiger partial charge on any atom is 0.242 e. The third-order valence-corrected chi connectivity index (χ3v) is 5.67. The van der Waals surface area contributed by atoms with E-state index in [4.69, 9.17) is 5.26 Å². The lowest BCUT2D eigenvalue weighted by Crippen LogP contribution is -2.35. The van der Waals surface area contributed by atoms with Gasteiger partial charge in [0.25, 0.3) is 0 Å². The lowest BCUT2D eigenvalue weighted by Gasteiger charge is -2.14. The quantitative estimate of drug-likeness (QED) is 0.921. The average molecular weight is 314 g/mol. The van der Waals surface area contributed by atoms with E-state index >= 15 is 0 Å². The minimum Gasteiger partial charge on any atom is -0.207 e. The minimum absolute atomic E-state index is 0.254. The van der Waals surface area contributed by atoms with Crippen LogP contribution in [0.5, 0.6) is 0 Å². The van der Waals surface area contributed by atoms with Crippen LogP contribution in [0.25, 0.3) is 10.8 Å². The highest BCUT2D eigenvalue weighted by Crippen LogP contribution is 2.37.